The maximum atomic E-state index is 12.3. The Morgan fingerprint density at radius 3 is 2.32 bits per heavy atom. The zero-order valence-corrected chi connectivity index (χ0v) is 10.7. The van der Waals surface area contributed by atoms with Gasteiger partial charge in [-0.2, -0.15) is 13.2 Å². The van der Waals surface area contributed by atoms with E-state index in [0.717, 1.165) is 6.92 Å². The highest BCUT2D eigenvalue weighted by Gasteiger charge is 2.37. The summed E-state index contributed by atoms with van der Waals surface area (Å²) in [6, 6.07) is 8.60. The lowest BCUT2D eigenvalue weighted by molar-refractivity contribution is -0.216. The van der Waals surface area contributed by atoms with Gasteiger partial charge in [-0.15, -0.1) is 0 Å². The van der Waals surface area contributed by atoms with Crippen molar-refractivity contribution in [2.45, 2.75) is 31.2 Å². The summed E-state index contributed by atoms with van der Waals surface area (Å²) in [5, 5.41) is 10.3. The van der Waals surface area contributed by atoms with Crippen molar-refractivity contribution in [2.24, 2.45) is 5.73 Å². The van der Waals surface area contributed by atoms with Gasteiger partial charge in [0.15, 0.2) is 6.10 Å². The molecule has 0 saturated heterocycles. The van der Waals surface area contributed by atoms with Gasteiger partial charge in [-0.05, 0) is 12.5 Å². The standard InChI is InChI=1S/C13H18F3NO2/c1-10(13(14,15)16)19-8-7-12(18,9-17)11-5-3-2-4-6-11/h2-6,10,18H,7-9,17H2,1H3. The van der Waals surface area contributed by atoms with Crippen LogP contribution in [0, 0.1) is 0 Å². The van der Waals surface area contributed by atoms with E-state index < -0.39 is 17.9 Å². The zero-order valence-electron chi connectivity index (χ0n) is 10.7. The third kappa shape index (κ3) is 4.49. The number of rotatable bonds is 6. The van der Waals surface area contributed by atoms with Crippen LogP contribution in [0.3, 0.4) is 0 Å². The first-order valence-corrected chi connectivity index (χ1v) is 5.96. The van der Waals surface area contributed by atoms with Crippen LogP contribution in [0.15, 0.2) is 30.3 Å². The van der Waals surface area contributed by atoms with Gasteiger partial charge in [0.25, 0.3) is 0 Å². The van der Waals surface area contributed by atoms with E-state index in [2.05, 4.69) is 4.74 Å². The molecule has 1 aromatic carbocycles. The molecule has 0 radical (unpaired) electrons. The highest BCUT2D eigenvalue weighted by molar-refractivity contribution is 5.22. The Bertz CT molecular complexity index is 383. The lowest BCUT2D eigenvalue weighted by Gasteiger charge is -2.28. The number of halogens is 3. The molecule has 0 spiro atoms. The first kappa shape index (κ1) is 15.9. The number of benzene rings is 1. The highest BCUT2D eigenvalue weighted by atomic mass is 19.4. The number of hydrogen-bond acceptors (Lipinski definition) is 3. The second-order valence-electron chi connectivity index (χ2n) is 4.41. The zero-order chi connectivity index (χ0) is 14.5. The quantitative estimate of drug-likeness (QED) is 0.838. The molecule has 2 unspecified atom stereocenters. The van der Waals surface area contributed by atoms with Crippen molar-refractivity contribution in [1.82, 2.24) is 0 Å². The molecule has 0 aliphatic carbocycles. The molecule has 0 bridgehead atoms. The lowest BCUT2D eigenvalue weighted by atomic mass is 9.91. The fourth-order valence-corrected chi connectivity index (χ4v) is 1.61. The first-order chi connectivity index (χ1) is 8.79. The smallest absolute Gasteiger partial charge is 0.384 e. The van der Waals surface area contributed by atoms with Gasteiger partial charge in [-0.1, -0.05) is 30.3 Å². The molecule has 19 heavy (non-hydrogen) atoms. The van der Waals surface area contributed by atoms with Gasteiger partial charge in [0, 0.05) is 13.0 Å². The van der Waals surface area contributed by atoms with E-state index >= 15 is 0 Å². The van der Waals surface area contributed by atoms with Crippen molar-refractivity contribution >= 4 is 0 Å². The van der Waals surface area contributed by atoms with Crippen LogP contribution < -0.4 is 5.73 Å². The first-order valence-electron chi connectivity index (χ1n) is 5.96. The number of nitrogens with two attached hydrogens (primary N) is 1. The van der Waals surface area contributed by atoms with E-state index in [1.807, 2.05) is 0 Å². The second-order valence-corrected chi connectivity index (χ2v) is 4.41. The van der Waals surface area contributed by atoms with Crippen LogP contribution in [0.1, 0.15) is 18.9 Å². The van der Waals surface area contributed by atoms with Crippen molar-refractivity contribution in [3.63, 3.8) is 0 Å². The van der Waals surface area contributed by atoms with Gasteiger partial charge in [0.05, 0.1) is 6.61 Å². The number of hydrogen-bond donors (Lipinski definition) is 2. The Balaban J connectivity index is 2.59. The van der Waals surface area contributed by atoms with Gasteiger partial charge >= 0.3 is 6.18 Å². The molecular weight excluding hydrogens is 259 g/mol. The SMILES string of the molecule is CC(OCCC(O)(CN)c1ccccc1)C(F)(F)F. The van der Waals surface area contributed by atoms with Crippen LogP contribution in [0.4, 0.5) is 13.2 Å². The van der Waals surface area contributed by atoms with Gasteiger partial charge in [0.2, 0.25) is 0 Å². The Kier molecular flexibility index (Phi) is 5.34. The van der Waals surface area contributed by atoms with Crippen LogP contribution in [0.5, 0.6) is 0 Å². The fraction of sp³-hybridized carbons (Fsp3) is 0.538. The van der Waals surface area contributed by atoms with Crippen LogP contribution in [-0.2, 0) is 10.3 Å². The van der Waals surface area contributed by atoms with Crippen LogP contribution in [0.2, 0.25) is 0 Å². The largest absolute Gasteiger partial charge is 0.414 e. The van der Waals surface area contributed by atoms with Crippen molar-refractivity contribution in [3.05, 3.63) is 35.9 Å². The summed E-state index contributed by atoms with van der Waals surface area (Å²) in [4.78, 5) is 0. The predicted molar refractivity (Wildman–Crippen MR) is 65.5 cm³/mol. The summed E-state index contributed by atoms with van der Waals surface area (Å²) in [5.41, 5.74) is 4.72. The molecule has 0 aliphatic rings. The van der Waals surface area contributed by atoms with Gasteiger partial charge < -0.3 is 15.6 Å². The molecule has 0 amide bonds. The van der Waals surface area contributed by atoms with Gasteiger partial charge in [-0.3, -0.25) is 0 Å². The minimum atomic E-state index is -4.40. The summed E-state index contributed by atoms with van der Waals surface area (Å²) in [5.74, 6) is 0. The Morgan fingerprint density at radius 2 is 1.84 bits per heavy atom. The van der Waals surface area contributed by atoms with Crippen molar-refractivity contribution < 1.29 is 23.0 Å². The molecule has 6 heteroatoms. The van der Waals surface area contributed by atoms with Crippen molar-refractivity contribution in [2.75, 3.05) is 13.2 Å². The topological polar surface area (TPSA) is 55.5 Å². The second kappa shape index (κ2) is 6.36. The molecule has 2 atom stereocenters. The summed E-state index contributed by atoms with van der Waals surface area (Å²) in [7, 11) is 0. The molecule has 1 rings (SSSR count). The maximum absolute atomic E-state index is 12.3. The third-order valence-electron chi connectivity index (χ3n) is 2.99. The van der Waals surface area contributed by atoms with E-state index in [0.29, 0.717) is 5.56 Å². The monoisotopic (exact) mass is 277 g/mol. The summed E-state index contributed by atoms with van der Waals surface area (Å²) >= 11 is 0. The predicted octanol–water partition coefficient (Wildman–Crippen LogP) is 2.19. The normalized spacial score (nSPS) is 16.9. The molecular formula is C13H18F3NO2. The Hall–Kier alpha value is -1.11. The van der Waals surface area contributed by atoms with Crippen molar-refractivity contribution in [3.8, 4) is 0 Å². The molecule has 0 aliphatic heterocycles. The van der Waals surface area contributed by atoms with E-state index in [-0.39, 0.29) is 19.6 Å². The van der Waals surface area contributed by atoms with Crippen LogP contribution in [0.25, 0.3) is 0 Å². The molecule has 0 aromatic heterocycles. The average molecular weight is 277 g/mol. The average Bonchev–Trinajstić information content (AvgIpc) is 2.38. The van der Waals surface area contributed by atoms with Gasteiger partial charge in [-0.25, -0.2) is 0 Å². The van der Waals surface area contributed by atoms with Crippen LogP contribution in [-0.4, -0.2) is 30.5 Å². The number of alkyl halides is 3. The van der Waals surface area contributed by atoms with Crippen LogP contribution >= 0.6 is 0 Å². The summed E-state index contributed by atoms with van der Waals surface area (Å²) in [6.45, 7) is 0.633. The molecule has 0 heterocycles. The third-order valence-corrected chi connectivity index (χ3v) is 2.99. The lowest BCUT2D eigenvalue weighted by Crippen LogP contribution is -2.37. The van der Waals surface area contributed by atoms with Gasteiger partial charge in [0.1, 0.15) is 5.60 Å². The molecule has 3 nitrogen and oxygen atoms in total. The van der Waals surface area contributed by atoms with E-state index in [1.165, 1.54) is 0 Å². The summed E-state index contributed by atoms with van der Waals surface area (Å²) in [6.07, 6.45) is -6.24. The molecule has 0 fully saturated rings. The van der Waals surface area contributed by atoms with E-state index in [9.17, 15) is 18.3 Å². The molecule has 0 saturated carbocycles. The number of aliphatic hydroxyl groups is 1. The molecule has 3 N–H and O–H groups in total. The van der Waals surface area contributed by atoms with E-state index in [4.69, 9.17) is 5.73 Å². The molecule has 108 valence electrons. The van der Waals surface area contributed by atoms with E-state index in [1.54, 1.807) is 30.3 Å². The minimum absolute atomic E-state index is 0.00787. The maximum Gasteiger partial charge on any atom is 0.414 e. The Labute approximate surface area is 110 Å². The molecule has 1 aromatic rings. The fourth-order valence-electron chi connectivity index (χ4n) is 1.61. The van der Waals surface area contributed by atoms with Crippen molar-refractivity contribution in [1.29, 1.82) is 0 Å². The minimum Gasteiger partial charge on any atom is -0.384 e. The Morgan fingerprint density at radius 1 is 1.26 bits per heavy atom. The summed E-state index contributed by atoms with van der Waals surface area (Å²) < 4.78 is 41.5. The number of ether oxygens (including phenoxy) is 1. The highest BCUT2D eigenvalue weighted by Crippen LogP contribution is 2.26.